The van der Waals surface area contributed by atoms with Gasteiger partial charge in [-0.25, -0.2) is 0 Å². The first-order valence-electron chi connectivity index (χ1n) is 7.45. The number of benzene rings is 1. The van der Waals surface area contributed by atoms with Gasteiger partial charge in [-0.15, -0.1) is 0 Å². The maximum Gasteiger partial charge on any atom is 0.216 e. The molecule has 1 aromatic carbocycles. The van der Waals surface area contributed by atoms with Crippen LogP contribution in [-0.2, 0) is 14.4 Å². The Morgan fingerprint density at radius 1 is 1.25 bits per heavy atom. The Hall–Kier alpha value is -2.34. The molecule has 0 radical (unpaired) electrons. The number of aromatic hydroxyl groups is 1. The number of rotatable bonds is 8. The van der Waals surface area contributed by atoms with Crippen molar-refractivity contribution in [3.8, 4) is 5.75 Å². The van der Waals surface area contributed by atoms with Crippen LogP contribution >= 0.6 is 11.8 Å². The quantitative estimate of drug-likeness (QED) is 0.327. The first-order valence-corrected chi connectivity index (χ1v) is 8.44. The van der Waals surface area contributed by atoms with Crippen LogP contribution in [0.25, 0.3) is 6.08 Å². The Morgan fingerprint density at radius 2 is 2.00 bits per heavy atom. The zero-order chi connectivity index (χ0) is 17.9. The van der Waals surface area contributed by atoms with Gasteiger partial charge in [0.25, 0.3) is 0 Å². The van der Waals surface area contributed by atoms with Crippen LogP contribution in [0.2, 0.25) is 0 Å². The lowest BCUT2D eigenvalue weighted by molar-refractivity contribution is -0.121. The van der Waals surface area contributed by atoms with E-state index in [2.05, 4.69) is 5.32 Å². The third-order valence-corrected chi connectivity index (χ3v) is 3.86. The zero-order valence-electron chi connectivity index (χ0n) is 13.7. The fraction of sp³-hybridized carbons (Fsp3) is 0.278. The Balaban J connectivity index is 2.43. The number of hydrogen-bond acceptors (Lipinski definition) is 5. The molecule has 0 spiro atoms. The average Bonchev–Trinajstić information content (AvgIpc) is 2.51. The number of thioether (sulfide) groups is 1. The van der Waals surface area contributed by atoms with Crippen molar-refractivity contribution in [3.05, 3.63) is 47.6 Å². The van der Waals surface area contributed by atoms with E-state index in [1.54, 1.807) is 43.4 Å². The summed E-state index contributed by atoms with van der Waals surface area (Å²) in [5.74, 6) is 0.256. The molecule has 24 heavy (non-hydrogen) atoms. The van der Waals surface area contributed by atoms with Crippen LogP contribution in [0.3, 0.4) is 0 Å². The van der Waals surface area contributed by atoms with Crippen LogP contribution in [-0.4, -0.2) is 34.2 Å². The van der Waals surface area contributed by atoms with Gasteiger partial charge in [0.2, 0.25) is 5.91 Å². The summed E-state index contributed by atoms with van der Waals surface area (Å²) in [6.07, 6.45) is 4.95. The van der Waals surface area contributed by atoms with Gasteiger partial charge in [-0.2, -0.15) is 0 Å². The van der Waals surface area contributed by atoms with E-state index < -0.39 is 0 Å². The monoisotopic (exact) mass is 347 g/mol. The van der Waals surface area contributed by atoms with Crippen LogP contribution in [0.4, 0.5) is 0 Å². The minimum Gasteiger partial charge on any atom is -0.508 e. The fourth-order valence-electron chi connectivity index (χ4n) is 1.74. The van der Waals surface area contributed by atoms with Crippen molar-refractivity contribution in [2.45, 2.75) is 20.3 Å². The molecule has 5 nitrogen and oxygen atoms in total. The molecule has 0 aromatic heterocycles. The molecular formula is C18H21NO4S. The third-order valence-electron chi connectivity index (χ3n) is 2.99. The summed E-state index contributed by atoms with van der Waals surface area (Å²) in [4.78, 5) is 34.3. The molecule has 0 unspecified atom stereocenters. The van der Waals surface area contributed by atoms with Crippen LogP contribution in [0.15, 0.2) is 42.0 Å². The second-order valence-electron chi connectivity index (χ2n) is 5.11. The number of hydrogen-bond donors (Lipinski definition) is 2. The number of amides is 1. The molecule has 0 bridgehead atoms. The van der Waals surface area contributed by atoms with Crippen LogP contribution in [0, 0.1) is 0 Å². The highest BCUT2D eigenvalue weighted by molar-refractivity contribution is 8.13. The van der Waals surface area contributed by atoms with Gasteiger partial charge in [0.05, 0.1) is 6.42 Å². The van der Waals surface area contributed by atoms with E-state index in [0.29, 0.717) is 17.9 Å². The molecule has 0 aliphatic heterocycles. The number of phenolic OH excluding ortho intramolecular Hbond substituents is 1. The van der Waals surface area contributed by atoms with Crippen LogP contribution < -0.4 is 5.32 Å². The number of carbonyl (C=O) groups excluding carboxylic acids is 3. The van der Waals surface area contributed by atoms with E-state index in [-0.39, 0.29) is 29.0 Å². The normalized spacial score (nSPS) is 11.5. The zero-order valence-corrected chi connectivity index (χ0v) is 14.6. The van der Waals surface area contributed by atoms with Crippen molar-refractivity contribution < 1.29 is 19.5 Å². The van der Waals surface area contributed by atoms with Gasteiger partial charge in [-0.05, 0) is 30.2 Å². The van der Waals surface area contributed by atoms with Crippen molar-refractivity contribution >= 4 is 34.6 Å². The van der Waals surface area contributed by atoms with E-state index in [4.69, 9.17) is 0 Å². The van der Waals surface area contributed by atoms with Gasteiger partial charge in [-0.1, -0.05) is 42.1 Å². The predicted octanol–water partition coefficient (Wildman–Crippen LogP) is 2.71. The number of ketones is 1. The minimum absolute atomic E-state index is 0.142. The predicted molar refractivity (Wildman–Crippen MR) is 96.7 cm³/mol. The molecular weight excluding hydrogens is 326 g/mol. The number of phenols is 1. The first kappa shape index (κ1) is 19.7. The molecule has 6 heteroatoms. The first-order chi connectivity index (χ1) is 11.4. The smallest absolute Gasteiger partial charge is 0.216 e. The summed E-state index contributed by atoms with van der Waals surface area (Å²) in [6, 6.07) is 6.75. The molecule has 0 fully saturated rings. The van der Waals surface area contributed by atoms with Gasteiger partial charge in [-0.3, -0.25) is 14.4 Å². The van der Waals surface area contributed by atoms with Crippen LogP contribution in [0.5, 0.6) is 5.75 Å². The van der Waals surface area contributed by atoms with E-state index in [9.17, 15) is 19.5 Å². The van der Waals surface area contributed by atoms with Crippen molar-refractivity contribution in [3.63, 3.8) is 0 Å². The Labute approximate surface area is 145 Å². The Kier molecular flexibility index (Phi) is 8.57. The lowest BCUT2D eigenvalue weighted by Crippen LogP contribution is -2.23. The summed E-state index contributed by atoms with van der Waals surface area (Å²) in [6.45, 7) is 3.47. The lowest BCUT2D eigenvalue weighted by Gasteiger charge is -2.02. The minimum atomic E-state index is -0.229. The maximum atomic E-state index is 11.9. The van der Waals surface area contributed by atoms with E-state index in [1.165, 1.54) is 6.92 Å². The van der Waals surface area contributed by atoms with Crippen molar-refractivity contribution in [2.75, 3.05) is 12.3 Å². The van der Waals surface area contributed by atoms with E-state index in [0.717, 1.165) is 17.3 Å². The molecule has 0 aliphatic carbocycles. The molecule has 1 aromatic rings. The SMILES string of the molecule is CC(=O)NCCSC(=O)CC(=O)C(C)=CC=Cc1cccc(O)c1. The molecule has 0 aliphatic rings. The van der Waals surface area contributed by atoms with Crippen molar-refractivity contribution in [1.82, 2.24) is 5.32 Å². The third kappa shape index (κ3) is 8.33. The number of carbonyl (C=O) groups is 3. The molecule has 0 atom stereocenters. The van der Waals surface area contributed by atoms with E-state index in [1.807, 2.05) is 6.07 Å². The van der Waals surface area contributed by atoms with Crippen molar-refractivity contribution in [1.29, 1.82) is 0 Å². The van der Waals surface area contributed by atoms with Gasteiger partial charge in [0.1, 0.15) is 5.75 Å². The van der Waals surface area contributed by atoms with Crippen molar-refractivity contribution in [2.24, 2.45) is 0 Å². The standard InChI is InChI=1S/C18H21NO4S/c1-13(5-3-6-15-7-4-8-16(21)11-15)17(22)12-18(23)24-10-9-19-14(2)20/h3-8,11,21H,9-10,12H2,1-2H3,(H,19,20). The summed E-state index contributed by atoms with van der Waals surface area (Å²) in [7, 11) is 0. The Morgan fingerprint density at radius 3 is 2.67 bits per heavy atom. The summed E-state index contributed by atoms with van der Waals surface area (Å²) in [5.41, 5.74) is 1.30. The highest BCUT2D eigenvalue weighted by atomic mass is 32.2. The highest BCUT2D eigenvalue weighted by Gasteiger charge is 2.11. The molecule has 1 rings (SSSR count). The van der Waals surface area contributed by atoms with E-state index >= 15 is 0 Å². The maximum absolute atomic E-state index is 11.9. The second-order valence-corrected chi connectivity index (χ2v) is 6.26. The summed E-state index contributed by atoms with van der Waals surface area (Å²) < 4.78 is 0. The Bertz CT molecular complexity index is 665. The number of Topliss-reactive ketones (excluding diaryl/α,β-unsaturated/α-hetero) is 1. The average molecular weight is 347 g/mol. The summed E-state index contributed by atoms with van der Waals surface area (Å²) in [5, 5.41) is 11.7. The highest BCUT2D eigenvalue weighted by Crippen LogP contribution is 2.13. The van der Waals surface area contributed by atoms with Gasteiger partial charge in [0, 0.05) is 19.2 Å². The van der Waals surface area contributed by atoms with Gasteiger partial charge < -0.3 is 10.4 Å². The molecule has 1 amide bonds. The summed E-state index contributed by atoms with van der Waals surface area (Å²) >= 11 is 1.04. The fourth-order valence-corrected chi connectivity index (χ4v) is 2.40. The molecule has 128 valence electrons. The second kappa shape index (κ2) is 10.4. The molecule has 0 heterocycles. The topological polar surface area (TPSA) is 83.5 Å². The molecule has 0 saturated carbocycles. The number of allylic oxidation sites excluding steroid dienone is 3. The van der Waals surface area contributed by atoms with Crippen LogP contribution in [0.1, 0.15) is 25.8 Å². The van der Waals surface area contributed by atoms with Gasteiger partial charge in [0.15, 0.2) is 10.9 Å². The lowest BCUT2D eigenvalue weighted by atomic mass is 10.1. The number of nitrogens with one attached hydrogen (secondary N) is 1. The van der Waals surface area contributed by atoms with Gasteiger partial charge >= 0.3 is 0 Å². The molecule has 0 saturated heterocycles. The molecule has 2 N–H and O–H groups in total. The largest absolute Gasteiger partial charge is 0.508 e.